The lowest BCUT2D eigenvalue weighted by atomic mass is 10.00. The first kappa shape index (κ1) is 19.9. The molecule has 0 bridgehead atoms. The molecule has 1 aliphatic rings. The number of amides is 2. The Bertz CT molecular complexity index is 837. The third-order valence-electron chi connectivity index (χ3n) is 5.04. The van der Waals surface area contributed by atoms with E-state index in [9.17, 15) is 9.59 Å². The molecule has 0 saturated carbocycles. The molecule has 0 spiro atoms. The molecule has 6 nitrogen and oxygen atoms in total. The van der Waals surface area contributed by atoms with Gasteiger partial charge in [0.1, 0.15) is 5.75 Å². The second-order valence-electron chi connectivity index (χ2n) is 6.89. The van der Waals surface area contributed by atoms with Crippen LogP contribution >= 0.6 is 0 Å². The summed E-state index contributed by atoms with van der Waals surface area (Å²) in [7, 11) is 1.57. The number of hydrogen-bond acceptors (Lipinski definition) is 4. The fraction of sp³-hybridized carbons (Fsp3) is 0.364. The van der Waals surface area contributed by atoms with E-state index < -0.39 is 0 Å². The molecular weight excluding hydrogens is 354 g/mol. The molecule has 6 heteroatoms. The van der Waals surface area contributed by atoms with E-state index in [1.807, 2.05) is 41.0 Å². The Morgan fingerprint density at radius 3 is 2.54 bits per heavy atom. The summed E-state index contributed by atoms with van der Waals surface area (Å²) < 4.78 is 5.26. The van der Waals surface area contributed by atoms with Gasteiger partial charge in [-0.2, -0.15) is 0 Å². The van der Waals surface area contributed by atoms with E-state index in [1.54, 1.807) is 19.2 Å². The largest absolute Gasteiger partial charge is 0.495 e. The summed E-state index contributed by atoms with van der Waals surface area (Å²) in [6.45, 7) is 4.33. The highest BCUT2D eigenvalue weighted by Gasteiger charge is 2.22. The molecular formula is C22H27N3O3. The van der Waals surface area contributed by atoms with Crippen LogP contribution in [0.2, 0.25) is 0 Å². The van der Waals surface area contributed by atoms with Crippen LogP contribution in [0.4, 0.5) is 5.69 Å². The van der Waals surface area contributed by atoms with Gasteiger partial charge in [0.25, 0.3) is 0 Å². The molecule has 0 saturated heterocycles. The van der Waals surface area contributed by atoms with Gasteiger partial charge < -0.3 is 15.0 Å². The van der Waals surface area contributed by atoms with Gasteiger partial charge in [0.2, 0.25) is 11.8 Å². The molecule has 2 amide bonds. The SMILES string of the molecule is CCN(CC(=O)Nc1ccccc1OC)CC(=O)N1CCc2ccccc2C1. The second kappa shape index (κ2) is 9.37. The number of carbonyl (C=O) groups excluding carboxylic acids is 2. The summed E-state index contributed by atoms with van der Waals surface area (Å²) in [5, 5.41) is 2.86. The molecule has 1 heterocycles. The number of benzene rings is 2. The van der Waals surface area contributed by atoms with Crippen LogP contribution in [0.5, 0.6) is 5.75 Å². The molecule has 0 aliphatic carbocycles. The Morgan fingerprint density at radius 2 is 1.79 bits per heavy atom. The lowest BCUT2D eigenvalue weighted by Gasteiger charge is -2.31. The zero-order valence-electron chi connectivity index (χ0n) is 16.5. The van der Waals surface area contributed by atoms with Gasteiger partial charge in [-0.1, -0.05) is 43.3 Å². The summed E-state index contributed by atoms with van der Waals surface area (Å²) in [4.78, 5) is 28.9. The predicted molar refractivity (Wildman–Crippen MR) is 109 cm³/mol. The maximum absolute atomic E-state index is 12.8. The molecule has 1 N–H and O–H groups in total. The molecule has 28 heavy (non-hydrogen) atoms. The van der Waals surface area contributed by atoms with E-state index in [4.69, 9.17) is 4.74 Å². The smallest absolute Gasteiger partial charge is 0.238 e. The van der Waals surface area contributed by atoms with E-state index in [0.29, 0.717) is 24.5 Å². The van der Waals surface area contributed by atoms with Crippen molar-refractivity contribution >= 4 is 17.5 Å². The number of anilines is 1. The van der Waals surface area contributed by atoms with Crippen molar-refractivity contribution < 1.29 is 14.3 Å². The number of rotatable bonds is 7. The van der Waals surface area contributed by atoms with Crippen LogP contribution in [0.3, 0.4) is 0 Å². The normalized spacial score (nSPS) is 13.2. The van der Waals surface area contributed by atoms with Gasteiger partial charge in [0.05, 0.1) is 25.9 Å². The van der Waals surface area contributed by atoms with E-state index in [2.05, 4.69) is 17.4 Å². The van der Waals surface area contributed by atoms with Crippen LogP contribution in [0.1, 0.15) is 18.1 Å². The van der Waals surface area contributed by atoms with Gasteiger partial charge in [-0.25, -0.2) is 0 Å². The number of fused-ring (bicyclic) bond motifs is 1. The highest BCUT2D eigenvalue weighted by Crippen LogP contribution is 2.23. The molecule has 3 rings (SSSR count). The number of nitrogens with one attached hydrogen (secondary N) is 1. The van der Waals surface area contributed by atoms with E-state index in [0.717, 1.165) is 13.0 Å². The molecule has 1 aliphatic heterocycles. The quantitative estimate of drug-likeness (QED) is 0.801. The predicted octanol–water partition coefficient (Wildman–Crippen LogP) is 2.54. The van der Waals surface area contributed by atoms with E-state index >= 15 is 0 Å². The number of methoxy groups -OCH3 is 1. The van der Waals surface area contributed by atoms with Crippen LogP contribution in [0.25, 0.3) is 0 Å². The average molecular weight is 381 g/mol. The highest BCUT2D eigenvalue weighted by molar-refractivity contribution is 5.94. The first-order valence-electron chi connectivity index (χ1n) is 9.60. The molecule has 0 atom stereocenters. The fourth-order valence-corrected chi connectivity index (χ4v) is 3.42. The molecule has 0 radical (unpaired) electrons. The number of likely N-dealkylation sites (N-methyl/N-ethyl adjacent to an activating group) is 1. The van der Waals surface area contributed by atoms with Crippen LogP contribution in [-0.2, 0) is 22.6 Å². The minimum atomic E-state index is -0.164. The maximum Gasteiger partial charge on any atom is 0.238 e. The number of hydrogen-bond donors (Lipinski definition) is 1. The summed E-state index contributed by atoms with van der Waals surface area (Å²) in [5.74, 6) is 0.506. The lowest BCUT2D eigenvalue weighted by molar-refractivity contribution is -0.133. The number of ether oxygens (including phenoxy) is 1. The highest BCUT2D eigenvalue weighted by atomic mass is 16.5. The zero-order valence-corrected chi connectivity index (χ0v) is 16.5. The fourth-order valence-electron chi connectivity index (χ4n) is 3.42. The third-order valence-corrected chi connectivity index (χ3v) is 5.04. The maximum atomic E-state index is 12.8. The first-order valence-corrected chi connectivity index (χ1v) is 9.60. The van der Waals surface area contributed by atoms with Gasteiger partial charge in [-0.05, 0) is 36.2 Å². The van der Waals surface area contributed by atoms with Crippen LogP contribution < -0.4 is 10.1 Å². The summed E-state index contributed by atoms with van der Waals surface area (Å²) in [5.41, 5.74) is 3.15. The summed E-state index contributed by atoms with van der Waals surface area (Å²) >= 11 is 0. The van der Waals surface area contributed by atoms with Gasteiger partial charge >= 0.3 is 0 Å². The standard InChI is InChI=1S/C22H27N3O3/c1-3-24(15-21(26)23-19-10-6-7-11-20(19)28-2)16-22(27)25-13-12-17-8-4-5-9-18(17)14-25/h4-11H,3,12-16H2,1-2H3,(H,23,26). The molecule has 2 aromatic rings. The minimum absolute atomic E-state index is 0.0569. The Balaban J connectivity index is 1.55. The minimum Gasteiger partial charge on any atom is -0.495 e. The molecule has 2 aromatic carbocycles. The number of para-hydroxylation sites is 2. The third kappa shape index (κ3) is 4.89. The monoisotopic (exact) mass is 381 g/mol. The molecule has 0 aromatic heterocycles. The summed E-state index contributed by atoms with van der Waals surface area (Å²) in [6, 6.07) is 15.5. The van der Waals surface area contributed by atoms with Crippen molar-refractivity contribution in [3.63, 3.8) is 0 Å². The van der Waals surface area contributed by atoms with Gasteiger partial charge in [0, 0.05) is 13.1 Å². The van der Waals surface area contributed by atoms with E-state index in [1.165, 1.54) is 11.1 Å². The summed E-state index contributed by atoms with van der Waals surface area (Å²) in [6.07, 6.45) is 0.877. The number of carbonyl (C=O) groups is 2. The lowest BCUT2D eigenvalue weighted by Crippen LogP contribution is -2.44. The first-order chi connectivity index (χ1) is 13.6. The van der Waals surface area contributed by atoms with Crippen LogP contribution in [0, 0.1) is 0 Å². The molecule has 0 fully saturated rings. The van der Waals surface area contributed by atoms with Gasteiger partial charge in [0.15, 0.2) is 0 Å². The van der Waals surface area contributed by atoms with Crippen LogP contribution in [-0.4, -0.2) is 54.9 Å². The van der Waals surface area contributed by atoms with Crippen LogP contribution in [0.15, 0.2) is 48.5 Å². The van der Waals surface area contributed by atoms with Crippen molar-refractivity contribution in [1.82, 2.24) is 9.80 Å². The Morgan fingerprint density at radius 1 is 1.07 bits per heavy atom. The van der Waals surface area contributed by atoms with Gasteiger partial charge in [-0.3, -0.25) is 14.5 Å². The Labute approximate surface area is 166 Å². The van der Waals surface area contributed by atoms with Crippen molar-refractivity contribution in [3.8, 4) is 5.75 Å². The van der Waals surface area contributed by atoms with Crippen molar-refractivity contribution in [2.24, 2.45) is 0 Å². The van der Waals surface area contributed by atoms with Gasteiger partial charge in [-0.15, -0.1) is 0 Å². The zero-order chi connectivity index (χ0) is 19.9. The van der Waals surface area contributed by atoms with Crippen molar-refractivity contribution in [2.75, 3.05) is 38.6 Å². The van der Waals surface area contributed by atoms with Crippen molar-refractivity contribution in [1.29, 1.82) is 0 Å². The molecule has 0 unspecified atom stereocenters. The average Bonchev–Trinajstić information content (AvgIpc) is 2.73. The molecule has 148 valence electrons. The topological polar surface area (TPSA) is 61.9 Å². The number of nitrogens with zero attached hydrogens (tertiary/aromatic N) is 2. The Hall–Kier alpha value is -2.86. The van der Waals surface area contributed by atoms with Crippen molar-refractivity contribution in [3.05, 3.63) is 59.7 Å². The van der Waals surface area contributed by atoms with Crippen molar-refractivity contribution in [2.45, 2.75) is 19.9 Å². The Kier molecular flexibility index (Phi) is 6.66. The van der Waals surface area contributed by atoms with E-state index in [-0.39, 0.29) is 24.9 Å². The second-order valence-corrected chi connectivity index (χ2v) is 6.89.